The molecule has 0 bridgehead atoms. The molecule has 0 saturated heterocycles. The van der Waals surface area contributed by atoms with E-state index < -0.39 is 6.10 Å². The van der Waals surface area contributed by atoms with Crippen LogP contribution in [0.3, 0.4) is 0 Å². The van der Waals surface area contributed by atoms with Crippen LogP contribution in [-0.4, -0.2) is 17.6 Å². The Bertz CT molecular complexity index is 905. The summed E-state index contributed by atoms with van der Waals surface area (Å²) in [7, 11) is 0. The third kappa shape index (κ3) is 2.94. The molecular weight excluding hydrogens is 310 g/mol. The monoisotopic (exact) mass is 329 g/mol. The molecular formula is C22H19NO2. The van der Waals surface area contributed by atoms with Gasteiger partial charge in [-0.25, -0.2) is 0 Å². The number of nitrogens with zero attached hydrogens (tertiary/aromatic N) is 1. The number of carbonyl (C=O) groups excluding carboxylic acids is 1. The molecule has 1 amide bonds. The fourth-order valence-corrected chi connectivity index (χ4v) is 3.37. The molecule has 0 spiro atoms. The first kappa shape index (κ1) is 15.6. The van der Waals surface area contributed by atoms with Crippen molar-refractivity contribution >= 4 is 11.6 Å². The van der Waals surface area contributed by atoms with Crippen molar-refractivity contribution in [1.82, 2.24) is 0 Å². The number of hydrogen-bond donors (Lipinski definition) is 1. The summed E-state index contributed by atoms with van der Waals surface area (Å²) in [5.41, 5.74) is 4.40. The Kier molecular flexibility index (Phi) is 4.08. The van der Waals surface area contributed by atoms with Gasteiger partial charge in [-0.1, -0.05) is 60.7 Å². The van der Waals surface area contributed by atoms with Gasteiger partial charge < -0.3 is 10.0 Å². The molecule has 25 heavy (non-hydrogen) atoms. The smallest absolute Gasteiger partial charge is 0.258 e. The van der Waals surface area contributed by atoms with Crippen molar-refractivity contribution < 1.29 is 9.90 Å². The second kappa shape index (κ2) is 6.54. The zero-order valence-corrected chi connectivity index (χ0v) is 13.8. The molecule has 3 heteroatoms. The van der Waals surface area contributed by atoms with Crippen LogP contribution in [0.5, 0.6) is 0 Å². The van der Waals surface area contributed by atoms with E-state index in [-0.39, 0.29) is 5.91 Å². The van der Waals surface area contributed by atoms with Gasteiger partial charge in [0.05, 0.1) is 6.10 Å². The van der Waals surface area contributed by atoms with Gasteiger partial charge in [-0.15, -0.1) is 0 Å². The van der Waals surface area contributed by atoms with Gasteiger partial charge in [-0.3, -0.25) is 4.79 Å². The first-order valence-corrected chi connectivity index (χ1v) is 8.48. The van der Waals surface area contributed by atoms with Crippen LogP contribution < -0.4 is 4.90 Å². The summed E-state index contributed by atoms with van der Waals surface area (Å²) in [5.74, 6) is -0.0304. The van der Waals surface area contributed by atoms with E-state index in [9.17, 15) is 9.90 Å². The van der Waals surface area contributed by atoms with E-state index in [2.05, 4.69) is 0 Å². The van der Waals surface area contributed by atoms with Crippen LogP contribution in [0.1, 0.15) is 28.4 Å². The quantitative estimate of drug-likeness (QED) is 0.755. The van der Waals surface area contributed by atoms with Crippen molar-refractivity contribution in [3.63, 3.8) is 0 Å². The average Bonchev–Trinajstić information content (AvgIpc) is 2.69. The van der Waals surface area contributed by atoms with Crippen LogP contribution in [0.15, 0.2) is 78.9 Å². The van der Waals surface area contributed by atoms with E-state index in [1.54, 1.807) is 4.90 Å². The largest absolute Gasteiger partial charge is 0.388 e. The predicted octanol–water partition coefficient (Wildman–Crippen LogP) is 4.44. The Morgan fingerprint density at radius 2 is 1.60 bits per heavy atom. The zero-order chi connectivity index (χ0) is 17.2. The van der Waals surface area contributed by atoms with Gasteiger partial charge >= 0.3 is 0 Å². The van der Waals surface area contributed by atoms with Crippen LogP contribution in [0, 0.1) is 0 Å². The molecule has 3 nitrogen and oxygen atoms in total. The number of para-hydroxylation sites is 1. The lowest BCUT2D eigenvalue weighted by molar-refractivity contribution is 0.0970. The van der Waals surface area contributed by atoms with Crippen LogP contribution in [0.4, 0.5) is 5.69 Å². The molecule has 4 rings (SSSR count). The standard InChI is InChI=1S/C22H19NO2/c24-21-13-14-23(20-12-5-4-11-19(20)21)22(25)18-10-6-9-17(15-18)16-7-2-1-3-8-16/h1-12,15,21,24H,13-14H2. The van der Waals surface area contributed by atoms with Gasteiger partial charge in [-0.2, -0.15) is 0 Å². The van der Waals surface area contributed by atoms with Crippen LogP contribution in [-0.2, 0) is 0 Å². The number of aliphatic hydroxyl groups excluding tert-OH is 1. The molecule has 0 aliphatic carbocycles. The van der Waals surface area contributed by atoms with Crippen molar-refractivity contribution in [1.29, 1.82) is 0 Å². The first-order chi connectivity index (χ1) is 12.2. The normalized spacial score (nSPS) is 16.4. The molecule has 3 aromatic rings. The van der Waals surface area contributed by atoms with E-state index in [4.69, 9.17) is 0 Å². The molecule has 124 valence electrons. The molecule has 1 aliphatic rings. The lowest BCUT2D eigenvalue weighted by Gasteiger charge is -2.32. The average molecular weight is 329 g/mol. The van der Waals surface area contributed by atoms with E-state index in [1.807, 2.05) is 78.9 Å². The van der Waals surface area contributed by atoms with Crippen molar-refractivity contribution in [3.8, 4) is 11.1 Å². The minimum Gasteiger partial charge on any atom is -0.388 e. The Morgan fingerprint density at radius 3 is 2.44 bits per heavy atom. The number of amides is 1. The van der Waals surface area contributed by atoms with Gasteiger partial charge in [0.15, 0.2) is 0 Å². The molecule has 0 aromatic heterocycles. The topological polar surface area (TPSA) is 40.5 Å². The van der Waals surface area contributed by atoms with Crippen molar-refractivity contribution in [2.75, 3.05) is 11.4 Å². The van der Waals surface area contributed by atoms with Gasteiger partial charge in [0, 0.05) is 23.4 Å². The number of benzene rings is 3. The lowest BCUT2D eigenvalue weighted by Crippen LogP contribution is -2.36. The maximum atomic E-state index is 13.1. The molecule has 1 N–H and O–H groups in total. The Labute approximate surface area is 147 Å². The number of rotatable bonds is 2. The van der Waals surface area contributed by atoms with Gasteiger partial charge in [0.25, 0.3) is 5.91 Å². The molecule has 1 aliphatic heterocycles. The zero-order valence-electron chi connectivity index (χ0n) is 13.8. The molecule has 0 saturated carbocycles. The highest BCUT2D eigenvalue weighted by Crippen LogP contribution is 2.34. The highest BCUT2D eigenvalue weighted by molar-refractivity contribution is 6.07. The molecule has 1 heterocycles. The van der Waals surface area contributed by atoms with Gasteiger partial charge in [0.1, 0.15) is 0 Å². The SMILES string of the molecule is O=C(c1cccc(-c2ccccc2)c1)N1CCC(O)c2ccccc21. The van der Waals surface area contributed by atoms with Gasteiger partial charge in [0.2, 0.25) is 0 Å². The summed E-state index contributed by atoms with van der Waals surface area (Å²) in [4.78, 5) is 14.9. The predicted molar refractivity (Wildman–Crippen MR) is 99.6 cm³/mol. The molecule has 1 atom stereocenters. The minimum atomic E-state index is -0.504. The van der Waals surface area contributed by atoms with E-state index in [0.29, 0.717) is 18.5 Å². The van der Waals surface area contributed by atoms with Crippen LogP contribution in [0.2, 0.25) is 0 Å². The van der Waals surface area contributed by atoms with E-state index >= 15 is 0 Å². The fraction of sp³-hybridized carbons (Fsp3) is 0.136. The van der Waals surface area contributed by atoms with Crippen molar-refractivity contribution in [2.24, 2.45) is 0 Å². The lowest BCUT2D eigenvalue weighted by atomic mass is 9.97. The minimum absolute atomic E-state index is 0.0304. The Balaban J connectivity index is 1.70. The van der Waals surface area contributed by atoms with Gasteiger partial charge in [-0.05, 0) is 35.7 Å². The highest BCUT2D eigenvalue weighted by Gasteiger charge is 2.27. The molecule has 0 fully saturated rings. The third-order valence-corrected chi connectivity index (χ3v) is 4.67. The highest BCUT2D eigenvalue weighted by atomic mass is 16.3. The summed E-state index contributed by atoms with van der Waals surface area (Å²) < 4.78 is 0. The summed E-state index contributed by atoms with van der Waals surface area (Å²) in [6.45, 7) is 0.520. The summed E-state index contributed by atoms with van der Waals surface area (Å²) in [5, 5.41) is 10.2. The summed E-state index contributed by atoms with van der Waals surface area (Å²) in [6.07, 6.45) is 0.0529. The van der Waals surface area contributed by atoms with Crippen molar-refractivity contribution in [3.05, 3.63) is 90.0 Å². The second-order valence-electron chi connectivity index (χ2n) is 6.27. The van der Waals surface area contributed by atoms with E-state index in [1.165, 1.54) is 0 Å². The van der Waals surface area contributed by atoms with Crippen LogP contribution >= 0.6 is 0 Å². The second-order valence-corrected chi connectivity index (χ2v) is 6.27. The molecule has 0 radical (unpaired) electrons. The number of anilines is 1. The van der Waals surface area contributed by atoms with Crippen molar-refractivity contribution in [2.45, 2.75) is 12.5 Å². The van der Waals surface area contributed by atoms with Crippen LogP contribution in [0.25, 0.3) is 11.1 Å². The number of aliphatic hydroxyl groups is 1. The maximum Gasteiger partial charge on any atom is 0.258 e. The summed E-state index contributed by atoms with van der Waals surface area (Å²) >= 11 is 0. The fourth-order valence-electron chi connectivity index (χ4n) is 3.37. The molecule has 1 unspecified atom stereocenters. The first-order valence-electron chi connectivity index (χ1n) is 8.48. The van der Waals surface area contributed by atoms with E-state index in [0.717, 1.165) is 22.4 Å². The third-order valence-electron chi connectivity index (χ3n) is 4.67. The Morgan fingerprint density at radius 1 is 0.880 bits per heavy atom. The summed E-state index contributed by atoms with van der Waals surface area (Å²) in [6, 6.07) is 25.3. The number of hydrogen-bond acceptors (Lipinski definition) is 2. The molecule has 3 aromatic carbocycles. The maximum absolute atomic E-state index is 13.1. The Hall–Kier alpha value is -2.91. The number of carbonyl (C=O) groups is 1. The number of fused-ring (bicyclic) bond motifs is 1.